The van der Waals surface area contributed by atoms with Gasteiger partial charge in [-0.1, -0.05) is 6.92 Å². The van der Waals surface area contributed by atoms with Crippen LogP contribution in [0.25, 0.3) is 10.1 Å². The monoisotopic (exact) mass is 305 g/mol. The van der Waals surface area contributed by atoms with Crippen molar-refractivity contribution in [2.75, 3.05) is 0 Å². The van der Waals surface area contributed by atoms with E-state index in [0.717, 1.165) is 33.8 Å². The van der Waals surface area contributed by atoms with Crippen LogP contribution in [0.1, 0.15) is 30.2 Å². The minimum Gasteiger partial charge on any atom is -0.387 e. The molecule has 4 nitrogen and oxygen atoms in total. The summed E-state index contributed by atoms with van der Waals surface area (Å²) >= 11 is 1.48. The SMILES string of the molecule is CCCn1ncnc1CC(O)c1cc2cc(F)ccc2s1. The molecule has 1 N–H and O–H groups in total. The van der Waals surface area contributed by atoms with Gasteiger partial charge in [0.1, 0.15) is 18.0 Å². The van der Waals surface area contributed by atoms with Crippen LogP contribution >= 0.6 is 11.3 Å². The summed E-state index contributed by atoms with van der Waals surface area (Å²) < 4.78 is 16.0. The second kappa shape index (κ2) is 5.91. The Morgan fingerprint density at radius 2 is 2.24 bits per heavy atom. The van der Waals surface area contributed by atoms with Crippen LogP contribution in [0.5, 0.6) is 0 Å². The quantitative estimate of drug-likeness (QED) is 0.786. The largest absolute Gasteiger partial charge is 0.387 e. The van der Waals surface area contributed by atoms with Crippen LogP contribution in [0.3, 0.4) is 0 Å². The number of aliphatic hydroxyl groups excluding tert-OH is 1. The minimum atomic E-state index is -0.648. The molecule has 21 heavy (non-hydrogen) atoms. The van der Waals surface area contributed by atoms with Crippen LogP contribution in [0, 0.1) is 5.82 Å². The lowest BCUT2D eigenvalue weighted by molar-refractivity contribution is 0.177. The molecular weight excluding hydrogens is 289 g/mol. The summed E-state index contributed by atoms with van der Waals surface area (Å²) in [7, 11) is 0. The van der Waals surface area contributed by atoms with E-state index in [0.29, 0.717) is 6.42 Å². The summed E-state index contributed by atoms with van der Waals surface area (Å²) in [6.45, 7) is 2.86. The molecule has 3 aromatic rings. The van der Waals surface area contributed by atoms with E-state index in [1.807, 2.05) is 10.7 Å². The Bertz CT molecular complexity index is 752. The second-order valence-corrected chi connectivity index (χ2v) is 6.07. The number of aromatic nitrogens is 3. The Labute approximate surface area is 125 Å². The highest BCUT2D eigenvalue weighted by atomic mass is 32.1. The molecule has 1 unspecified atom stereocenters. The highest BCUT2D eigenvalue weighted by molar-refractivity contribution is 7.19. The van der Waals surface area contributed by atoms with Crippen molar-refractivity contribution in [3.63, 3.8) is 0 Å². The maximum Gasteiger partial charge on any atom is 0.138 e. The Morgan fingerprint density at radius 1 is 1.38 bits per heavy atom. The fourth-order valence-electron chi connectivity index (χ4n) is 2.32. The molecule has 0 amide bonds. The van der Waals surface area contributed by atoms with E-state index in [1.54, 1.807) is 6.07 Å². The van der Waals surface area contributed by atoms with Gasteiger partial charge in [0.05, 0.1) is 6.10 Å². The number of aliphatic hydroxyl groups is 1. The molecule has 6 heteroatoms. The fraction of sp³-hybridized carbons (Fsp3) is 0.333. The van der Waals surface area contributed by atoms with Gasteiger partial charge in [-0.3, -0.25) is 4.68 Å². The lowest BCUT2D eigenvalue weighted by atomic mass is 10.2. The number of hydrogen-bond acceptors (Lipinski definition) is 4. The van der Waals surface area contributed by atoms with Gasteiger partial charge in [0, 0.05) is 22.5 Å². The van der Waals surface area contributed by atoms with Gasteiger partial charge in [-0.15, -0.1) is 11.3 Å². The molecule has 110 valence electrons. The molecule has 2 aromatic heterocycles. The van der Waals surface area contributed by atoms with Gasteiger partial charge < -0.3 is 5.11 Å². The van der Waals surface area contributed by atoms with Crippen LogP contribution in [0.2, 0.25) is 0 Å². The summed E-state index contributed by atoms with van der Waals surface area (Å²) in [5.41, 5.74) is 0. The number of thiophene rings is 1. The normalized spacial score (nSPS) is 12.9. The first-order chi connectivity index (χ1) is 10.2. The topological polar surface area (TPSA) is 50.9 Å². The number of fused-ring (bicyclic) bond motifs is 1. The third kappa shape index (κ3) is 2.96. The molecule has 1 atom stereocenters. The summed E-state index contributed by atoms with van der Waals surface area (Å²) in [6, 6.07) is 6.51. The summed E-state index contributed by atoms with van der Waals surface area (Å²) in [5.74, 6) is 0.511. The number of nitrogens with zero attached hydrogens (tertiary/aromatic N) is 3. The molecule has 0 bridgehead atoms. The van der Waals surface area contributed by atoms with E-state index in [1.165, 1.54) is 29.8 Å². The van der Waals surface area contributed by atoms with Gasteiger partial charge in [-0.25, -0.2) is 9.37 Å². The highest BCUT2D eigenvalue weighted by Gasteiger charge is 2.16. The van der Waals surface area contributed by atoms with E-state index in [9.17, 15) is 9.50 Å². The average molecular weight is 305 g/mol. The van der Waals surface area contributed by atoms with E-state index in [4.69, 9.17) is 0 Å². The van der Waals surface area contributed by atoms with Gasteiger partial charge in [0.25, 0.3) is 0 Å². The molecule has 0 aliphatic rings. The van der Waals surface area contributed by atoms with Crippen molar-refractivity contribution in [2.45, 2.75) is 32.4 Å². The Kier molecular flexibility index (Phi) is 3.98. The number of halogens is 1. The zero-order chi connectivity index (χ0) is 14.8. The van der Waals surface area contributed by atoms with Crippen LogP contribution < -0.4 is 0 Å². The molecule has 0 radical (unpaired) electrons. The van der Waals surface area contributed by atoms with Crippen molar-refractivity contribution >= 4 is 21.4 Å². The molecule has 0 fully saturated rings. The lowest BCUT2D eigenvalue weighted by Gasteiger charge is -2.09. The molecule has 2 heterocycles. The molecule has 0 aliphatic heterocycles. The molecule has 1 aromatic carbocycles. The third-order valence-corrected chi connectivity index (χ3v) is 4.55. The van der Waals surface area contributed by atoms with Crippen LogP contribution in [0.15, 0.2) is 30.6 Å². The average Bonchev–Trinajstić information content (AvgIpc) is 3.06. The van der Waals surface area contributed by atoms with E-state index in [-0.39, 0.29) is 5.82 Å². The highest BCUT2D eigenvalue weighted by Crippen LogP contribution is 2.31. The number of hydrogen-bond donors (Lipinski definition) is 1. The predicted molar refractivity (Wildman–Crippen MR) is 80.8 cm³/mol. The van der Waals surface area contributed by atoms with Crippen molar-refractivity contribution in [1.29, 1.82) is 0 Å². The van der Waals surface area contributed by atoms with E-state index >= 15 is 0 Å². The van der Waals surface area contributed by atoms with Crippen molar-refractivity contribution < 1.29 is 9.50 Å². The first kappa shape index (κ1) is 14.2. The van der Waals surface area contributed by atoms with Gasteiger partial charge >= 0.3 is 0 Å². The first-order valence-corrected chi connectivity index (χ1v) is 7.72. The first-order valence-electron chi connectivity index (χ1n) is 6.91. The van der Waals surface area contributed by atoms with E-state index < -0.39 is 6.10 Å². The van der Waals surface area contributed by atoms with Gasteiger partial charge in [0.15, 0.2) is 0 Å². The number of rotatable bonds is 5. The summed E-state index contributed by atoms with van der Waals surface area (Å²) in [6.07, 6.45) is 2.24. The van der Waals surface area contributed by atoms with Crippen LogP contribution in [0.4, 0.5) is 4.39 Å². The van der Waals surface area contributed by atoms with Crippen molar-refractivity contribution in [2.24, 2.45) is 0 Å². The zero-order valence-corrected chi connectivity index (χ0v) is 12.5. The van der Waals surface area contributed by atoms with Crippen LogP contribution in [-0.2, 0) is 13.0 Å². The number of aryl methyl sites for hydroxylation is 1. The van der Waals surface area contributed by atoms with Gasteiger partial charge in [0.2, 0.25) is 0 Å². The molecular formula is C15H16FN3OS. The number of benzene rings is 1. The third-order valence-electron chi connectivity index (χ3n) is 3.33. The van der Waals surface area contributed by atoms with E-state index in [2.05, 4.69) is 17.0 Å². The molecule has 0 spiro atoms. The molecule has 0 saturated carbocycles. The minimum absolute atomic E-state index is 0.260. The Hall–Kier alpha value is -1.79. The Morgan fingerprint density at radius 3 is 3.05 bits per heavy atom. The van der Waals surface area contributed by atoms with Crippen molar-refractivity contribution in [3.05, 3.63) is 47.1 Å². The fourth-order valence-corrected chi connectivity index (χ4v) is 3.35. The standard InChI is InChI=1S/C15H16FN3OS/c1-2-5-19-15(17-9-18-19)8-12(20)14-7-10-6-11(16)3-4-13(10)21-14/h3-4,6-7,9,12,20H,2,5,8H2,1H3. The molecule has 0 aliphatic carbocycles. The van der Waals surface area contributed by atoms with Gasteiger partial charge in [-0.2, -0.15) is 5.10 Å². The van der Waals surface area contributed by atoms with Gasteiger partial charge in [-0.05, 0) is 36.1 Å². The lowest BCUT2D eigenvalue weighted by Crippen LogP contribution is -2.09. The maximum absolute atomic E-state index is 13.2. The second-order valence-electron chi connectivity index (χ2n) is 4.95. The predicted octanol–water partition coefficient (Wildman–Crippen LogP) is 3.32. The van der Waals surface area contributed by atoms with Crippen LogP contribution in [-0.4, -0.2) is 19.9 Å². The molecule has 0 saturated heterocycles. The van der Waals surface area contributed by atoms with Crippen molar-refractivity contribution in [3.8, 4) is 0 Å². The zero-order valence-electron chi connectivity index (χ0n) is 11.7. The van der Waals surface area contributed by atoms with Crippen molar-refractivity contribution in [1.82, 2.24) is 14.8 Å². The Balaban J connectivity index is 1.83. The smallest absolute Gasteiger partial charge is 0.138 e. The summed E-state index contributed by atoms with van der Waals surface area (Å²) in [4.78, 5) is 5.03. The molecule has 3 rings (SSSR count). The summed E-state index contributed by atoms with van der Waals surface area (Å²) in [5, 5.41) is 15.4. The maximum atomic E-state index is 13.2.